The molecule has 29 heavy (non-hydrogen) atoms. The number of pyridine rings is 1. The largest absolute Gasteiger partial charge is 0.316 e. The van der Waals surface area contributed by atoms with E-state index in [2.05, 4.69) is 16.5 Å². The van der Waals surface area contributed by atoms with Crippen molar-refractivity contribution in [2.24, 2.45) is 5.92 Å². The number of hydrogen-bond donors (Lipinski definition) is 2. The molecule has 1 saturated heterocycles. The molecule has 2 N–H and O–H groups in total. The molecule has 154 valence electrons. The van der Waals surface area contributed by atoms with Gasteiger partial charge < -0.3 is 9.88 Å². The number of hydrogen-bond acceptors (Lipinski definition) is 4. The zero-order valence-corrected chi connectivity index (χ0v) is 17.9. The second-order valence-electron chi connectivity index (χ2n) is 8.20. The summed E-state index contributed by atoms with van der Waals surface area (Å²) >= 11 is 0. The summed E-state index contributed by atoms with van der Waals surface area (Å²) in [4.78, 5) is 4.60. The number of aromatic nitrogens is 2. The highest BCUT2D eigenvalue weighted by Crippen LogP contribution is 2.33. The van der Waals surface area contributed by atoms with Crippen molar-refractivity contribution in [3.63, 3.8) is 0 Å². The van der Waals surface area contributed by atoms with Crippen LogP contribution in [-0.4, -0.2) is 32.1 Å². The number of nitrogens with zero attached hydrogens (tertiary/aromatic N) is 2. The third kappa shape index (κ3) is 3.57. The molecule has 0 amide bonds. The minimum absolute atomic E-state index is 0.236. The van der Waals surface area contributed by atoms with E-state index in [1.165, 1.54) is 17.7 Å². The second-order valence-corrected chi connectivity index (χ2v) is 10.8. The van der Waals surface area contributed by atoms with E-state index in [9.17, 15) is 8.60 Å². The maximum absolute atomic E-state index is 14.1. The van der Waals surface area contributed by atoms with Gasteiger partial charge in [0.25, 0.3) is 0 Å². The molecule has 0 radical (unpaired) electrons. The fourth-order valence-electron chi connectivity index (χ4n) is 4.18. The van der Waals surface area contributed by atoms with Gasteiger partial charge in [0.2, 0.25) is 0 Å². The molecule has 1 aliphatic heterocycles. The Morgan fingerprint density at radius 2 is 2.17 bits per heavy atom. The quantitative estimate of drug-likeness (QED) is 0.648. The minimum atomic E-state index is -3.16. The molecule has 1 aliphatic rings. The Kier molecular flexibility index (Phi) is 5.21. The Balaban J connectivity index is 1.95. The molecule has 2 atom stereocenters. The maximum Gasteiger partial charge on any atom is 0.124 e. The van der Waals surface area contributed by atoms with E-state index in [4.69, 9.17) is 4.78 Å². The van der Waals surface area contributed by atoms with Gasteiger partial charge in [0.15, 0.2) is 0 Å². The molecule has 2 aromatic heterocycles. The van der Waals surface area contributed by atoms with E-state index in [1.807, 2.05) is 17.7 Å². The van der Waals surface area contributed by atoms with Crippen molar-refractivity contribution in [3.05, 3.63) is 53.7 Å². The summed E-state index contributed by atoms with van der Waals surface area (Å²) in [5, 5.41) is 4.14. The Labute approximate surface area is 171 Å². The molecule has 1 fully saturated rings. The van der Waals surface area contributed by atoms with Crippen LogP contribution in [-0.2, 0) is 16.1 Å². The first kappa shape index (κ1) is 20.0. The summed E-state index contributed by atoms with van der Waals surface area (Å²) in [5.41, 5.74) is 3.79. The van der Waals surface area contributed by atoms with Crippen molar-refractivity contribution in [2.75, 3.05) is 13.1 Å². The minimum Gasteiger partial charge on any atom is -0.316 e. The smallest absolute Gasteiger partial charge is 0.124 e. The van der Waals surface area contributed by atoms with Crippen LogP contribution in [0.15, 0.2) is 41.7 Å². The summed E-state index contributed by atoms with van der Waals surface area (Å²) in [6.07, 6.45) is 7.80. The van der Waals surface area contributed by atoms with E-state index in [0.717, 1.165) is 42.4 Å². The Bertz CT molecular complexity index is 1160. The highest BCUT2D eigenvalue weighted by atomic mass is 32.2. The highest BCUT2D eigenvalue weighted by molar-refractivity contribution is 7.93. The molecule has 0 bridgehead atoms. The van der Waals surface area contributed by atoms with E-state index < -0.39 is 20.8 Å². The van der Waals surface area contributed by atoms with E-state index >= 15 is 0 Å². The molecule has 0 spiro atoms. The molecule has 4 rings (SSSR count). The Morgan fingerprint density at radius 1 is 1.38 bits per heavy atom. The molecule has 0 aliphatic carbocycles. The fraction of sp³-hybridized carbons (Fsp3) is 0.409. The van der Waals surface area contributed by atoms with Crippen LogP contribution in [0.5, 0.6) is 0 Å². The Morgan fingerprint density at radius 3 is 2.86 bits per heavy atom. The van der Waals surface area contributed by atoms with Crippen LogP contribution in [0.4, 0.5) is 4.39 Å². The fourth-order valence-corrected chi connectivity index (χ4v) is 5.45. The highest BCUT2D eigenvalue weighted by Gasteiger charge is 2.24. The van der Waals surface area contributed by atoms with Crippen LogP contribution in [0.1, 0.15) is 31.4 Å². The topological polar surface area (TPSA) is 70.8 Å². The lowest BCUT2D eigenvalue weighted by Crippen LogP contribution is -2.15. The van der Waals surface area contributed by atoms with Gasteiger partial charge in [-0.3, -0.25) is 4.98 Å². The molecule has 0 saturated carbocycles. The van der Waals surface area contributed by atoms with Gasteiger partial charge >= 0.3 is 0 Å². The van der Waals surface area contributed by atoms with Crippen LogP contribution >= 0.6 is 0 Å². The number of fused-ring (bicyclic) bond motifs is 1. The van der Waals surface area contributed by atoms with Crippen molar-refractivity contribution in [3.8, 4) is 5.69 Å². The van der Waals surface area contributed by atoms with Gasteiger partial charge in [0.1, 0.15) is 5.82 Å². The van der Waals surface area contributed by atoms with Gasteiger partial charge in [-0.1, -0.05) is 0 Å². The number of nitrogens with one attached hydrogen (secondary N) is 2. The molecule has 7 heteroatoms. The standard InChI is InChI=1S/C22H27FN4OS/c1-14(2)29(24,28)21-9-18(23)4-5-19(21)27-13-17(8-16-6-7-25-11-16)22-15(3)10-26-12-20(22)27/h4-5,9-10,12-14,16,24-25H,6-8,11H2,1-3H3/t16-,29+/m0/s1. The Hall–Kier alpha value is -2.25. The first-order valence-corrected chi connectivity index (χ1v) is 11.6. The predicted octanol–water partition coefficient (Wildman–Crippen LogP) is 4.44. The molecular formula is C22H27FN4OS. The molecule has 5 nitrogen and oxygen atoms in total. The van der Waals surface area contributed by atoms with Gasteiger partial charge in [-0.25, -0.2) is 13.4 Å². The summed E-state index contributed by atoms with van der Waals surface area (Å²) in [5.74, 6) is 0.0952. The summed E-state index contributed by atoms with van der Waals surface area (Å²) < 4.78 is 37.7. The van der Waals surface area contributed by atoms with Crippen LogP contribution < -0.4 is 5.32 Å². The number of rotatable bonds is 5. The van der Waals surface area contributed by atoms with E-state index in [-0.39, 0.29) is 4.90 Å². The maximum atomic E-state index is 14.1. The van der Waals surface area contributed by atoms with Gasteiger partial charge in [0, 0.05) is 23.0 Å². The van der Waals surface area contributed by atoms with Gasteiger partial charge in [-0.05, 0) is 81.9 Å². The van der Waals surface area contributed by atoms with Crippen molar-refractivity contribution < 1.29 is 8.60 Å². The predicted molar refractivity (Wildman–Crippen MR) is 115 cm³/mol. The van der Waals surface area contributed by atoms with Gasteiger partial charge in [-0.15, -0.1) is 0 Å². The normalized spacial score (nSPS) is 19.1. The van der Waals surface area contributed by atoms with Gasteiger partial charge in [0.05, 0.1) is 32.0 Å². The van der Waals surface area contributed by atoms with E-state index in [1.54, 1.807) is 26.1 Å². The zero-order valence-electron chi connectivity index (χ0n) is 17.0. The van der Waals surface area contributed by atoms with Crippen LogP contribution in [0.2, 0.25) is 0 Å². The monoisotopic (exact) mass is 414 g/mol. The lowest BCUT2D eigenvalue weighted by Gasteiger charge is -2.17. The number of benzene rings is 1. The lowest BCUT2D eigenvalue weighted by atomic mass is 9.97. The molecule has 3 aromatic rings. The molecule has 3 heterocycles. The summed E-state index contributed by atoms with van der Waals surface area (Å²) in [6.45, 7) is 7.57. The molecule has 0 unspecified atom stereocenters. The third-order valence-corrected chi connectivity index (χ3v) is 8.13. The van der Waals surface area contributed by atoms with Crippen molar-refractivity contribution in [1.29, 1.82) is 4.78 Å². The van der Waals surface area contributed by atoms with Crippen molar-refractivity contribution >= 4 is 20.6 Å². The molecular weight excluding hydrogens is 387 g/mol. The summed E-state index contributed by atoms with van der Waals surface area (Å²) in [6, 6.07) is 4.24. The molecule has 1 aromatic carbocycles. The summed E-state index contributed by atoms with van der Waals surface area (Å²) in [7, 11) is -3.16. The zero-order chi connectivity index (χ0) is 20.8. The van der Waals surface area contributed by atoms with Crippen molar-refractivity contribution in [1.82, 2.24) is 14.9 Å². The average molecular weight is 415 g/mol. The first-order chi connectivity index (χ1) is 13.8. The van der Waals surface area contributed by atoms with E-state index in [0.29, 0.717) is 11.6 Å². The van der Waals surface area contributed by atoms with Crippen LogP contribution in [0, 0.1) is 23.4 Å². The third-order valence-electron chi connectivity index (χ3n) is 5.82. The van der Waals surface area contributed by atoms with Gasteiger partial charge in [-0.2, -0.15) is 0 Å². The number of halogens is 1. The SMILES string of the molecule is Cc1cncc2c1c(C[C@@H]1CCNC1)cn2-c1ccc(F)cc1[S@](=N)(=O)C(C)C. The first-order valence-electron chi connectivity index (χ1n) is 10.0. The van der Waals surface area contributed by atoms with Crippen LogP contribution in [0.25, 0.3) is 16.6 Å². The number of aryl methyl sites for hydroxylation is 1. The lowest BCUT2D eigenvalue weighted by molar-refractivity contribution is 0.582. The van der Waals surface area contributed by atoms with Crippen molar-refractivity contribution in [2.45, 2.75) is 43.8 Å². The second kappa shape index (κ2) is 7.54. The van der Waals surface area contributed by atoms with Crippen LogP contribution in [0.3, 0.4) is 0 Å². The average Bonchev–Trinajstić information content (AvgIpc) is 3.31.